The molecular formula is C22H27ClN2O5. The first-order valence-electron chi connectivity index (χ1n) is 9.75. The molecule has 0 aliphatic rings. The second-order valence-corrected chi connectivity index (χ2v) is 6.66. The molecule has 0 heterocycles. The van der Waals surface area contributed by atoms with Crippen LogP contribution in [0.5, 0.6) is 17.2 Å². The summed E-state index contributed by atoms with van der Waals surface area (Å²) < 4.78 is 16.3. The molecule has 0 aliphatic carbocycles. The maximum absolute atomic E-state index is 12.6. The second-order valence-electron chi connectivity index (χ2n) is 6.25. The first-order chi connectivity index (χ1) is 14.4. The Labute approximate surface area is 181 Å². The maximum Gasteiger partial charge on any atom is 0.260 e. The third-order valence-electron chi connectivity index (χ3n) is 4.38. The van der Waals surface area contributed by atoms with Crippen LogP contribution in [0.25, 0.3) is 0 Å². The molecule has 2 aromatic carbocycles. The Morgan fingerprint density at radius 3 is 2.27 bits per heavy atom. The number of likely N-dealkylation sites (N-methyl/N-ethyl adjacent to an activating group) is 1. The lowest BCUT2D eigenvalue weighted by molar-refractivity contribution is -0.132. The standard InChI is InChI=1S/C22H27ClN2O5/c1-5-25(6-2)21(26)14-30-18-11-9-16(13-17(18)23)24-22(27)15-8-10-19(28-4)20(12-15)29-7-3/h8-13H,5-7,14H2,1-4H3,(H,24,27). The lowest BCUT2D eigenvalue weighted by Gasteiger charge is -2.19. The van der Waals surface area contributed by atoms with Gasteiger partial charge >= 0.3 is 0 Å². The van der Waals surface area contributed by atoms with Gasteiger partial charge in [-0.05, 0) is 57.2 Å². The van der Waals surface area contributed by atoms with Crippen molar-refractivity contribution >= 4 is 29.1 Å². The van der Waals surface area contributed by atoms with Crippen molar-refractivity contribution in [2.24, 2.45) is 0 Å². The minimum Gasteiger partial charge on any atom is -0.493 e. The van der Waals surface area contributed by atoms with Crippen LogP contribution in [0.1, 0.15) is 31.1 Å². The van der Waals surface area contributed by atoms with Crippen molar-refractivity contribution < 1.29 is 23.8 Å². The molecule has 0 saturated carbocycles. The summed E-state index contributed by atoms with van der Waals surface area (Å²) in [6, 6.07) is 9.80. The van der Waals surface area contributed by atoms with Crippen molar-refractivity contribution in [3.05, 3.63) is 47.0 Å². The van der Waals surface area contributed by atoms with E-state index in [4.69, 9.17) is 25.8 Å². The molecule has 0 radical (unpaired) electrons. The number of nitrogens with zero attached hydrogens (tertiary/aromatic N) is 1. The van der Waals surface area contributed by atoms with E-state index in [9.17, 15) is 9.59 Å². The molecule has 0 aliphatic heterocycles. The molecule has 7 nitrogen and oxygen atoms in total. The average molecular weight is 435 g/mol. The minimum absolute atomic E-state index is 0.0981. The van der Waals surface area contributed by atoms with Gasteiger partial charge in [-0.3, -0.25) is 9.59 Å². The van der Waals surface area contributed by atoms with Crippen LogP contribution in [0.3, 0.4) is 0 Å². The van der Waals surface area contributed by atoms with E-state index in [2.05, 4.69) is 5.32 Å². The van der Waals surface area contributed by atoms with Gasteiger partial charge in [0.05, 0.1) is 18.7 Å². The van der Waals surface area contributed by atoms with Crippen LogP contribution < -0.4 is 19.5 Å². The van der Waals surface area contributed by atoms with Crippen LogP contribution in [-0.4, -0.2) is 50.1 Å². The molecule has 2 rings (SSSR count). The number of hydrogen-bond donors (Lipinski definition) is 1. The van der Waals surface area contributed by atoms with E-state index in [1.807, 2.05) is 20.8 Å². The number of carbonyl (C=O) groups is 2. The predicted molar refractivity (Wildman–Crippen MR) is 117 cm³/mol. The summed E-state index contributed by atoms with van der Waals surface area (Å²) in [5.41, 5.74) is 0.918. The normalized spacial score (nSPS) is 10.3. The molecule has 8 heteroatoms. The fourth-order valence-electron chi connectivity index (χ4n) is 2.79. The monoisotopic (exact) mass is 434 g/mol. The number of carbonyl (C=O) groups excluding carboxylic acids is 2. The molecule has 0 atom stereocenters. The Balaban J connectivity index is 2.06. The van der Waals surface area contributed by atoms with Crippen LogP contribution >= 0.6 is 11.6 Å². The lowest BCUT2D eigenvalue weighted by Crippen LogP contribution is -2.34. The summed E-state index contributed by atoms with van der Waals surface area (Å²) in [7, 11) is 1.54. The molecule has 2 aromatic rings. The number of methoxy groups -OCH3 is 1. The fraction of sp³-hybridized carbons (Fsp3) is 0.364. The molecule has 0 unspecified atom stereocenters. The van der Waals surface area contributed by atoms with Gasteiger partial charge in [-0.2, -0.15) is 0 Å². The summed E-state index contributed by atoms with van der Waals surface area (Å²) >= 11 is 6.26. The Morgan fingerprint density at radius 2 is 1.67 bits per heavy atom. The summed E-state index contributed by atoms with van der Waals surface area (Å²) in [5.74, 6) is 0.987. The number of ether oxygens (including phenoxy) is 3. The van der Waals surface area contributed by atoms with Crippen molar-refractivity contribution in [3.8, 4) is 17.2 Å². The first kappa shape index (κ1) is 23.3. The fourth-order valence-corrected chi connectivity index (χ4v) is 3.03. The molecule has 162 valence electrons. The Kier molecular flexibility index (Phi) is 8.80. The largest absolute Gasteiger partial charge is 0.493 e. The Morgan fingerprint density at radius 1 is 0.967 bits per heavy atom. The number of nitrogens with one attached hydrogen (secondary N) is 1. The van der Waals surface area contributed by atoms with Gasteiger partial charge in [0.15, 0.2) is 18.1 Å². The van der Waals surface area contributed by atoms with E-state index in [0.29, 0.717) is 53.2 Å². The molecule has 0 aromatic heterocycles. The smallest absolute Gasteiger partial charge is 0.260 e. The van der Waals surface area contributed by atoms with E-state index in [1.54, 1.807) is 48.4 Å². The number of halogens is 1. The molecule has 0 saturated heterocycles. The van der Waals surface area contributed by atoms with Crippen LogP contribution in [0, 0.1) is 0 Å². The third-order valence-corrected chi connectivity index (χ3v) is 4.68. The average Bonchev–Trinajstić information content (AvgIpc) is 2.74. The quantitative estimate of drug-likeness (QED) is 0.605. The number of benzene rings is 2. The number of hydrogen-bond acceptors (Lipinski definition) is 5. The topological polar surface area (TPSA) is 77.1 Å². The molecule has 0 fully saturated rings. The van der Waals surface area contributed by atoms with Gasteiger partial charge in [0, 0.05) is 24.3 Å². The molecule has 1 N–H and O–H groups in total. The predicted octanol–water partition coefficient (Wildman–Crippen LogP) is 4.25. The molecule has 0 spiro atoms. The number of rotatable bonds is 10. The SMILES string of the molecule is CCOc1cc(C(=O)Nc2ccc(OCC(=O)N(CC)CC)c(Cl)c2)ccc1OC. The summed E-state index contributed by atoms with van der Waals surface area (Å²) in [5, 5.41) is 3.08. The van der Waals surface area contributed by atoms with E-state index in [1.165, 1.54) is 0 Å². The highest BCUT2D eigenvalue weighted by Crippen LogP contribution is 2.30. The zero-order valence-electron chi connectivity index (χ0n) is 17.7. The highest BCUT2D eigenvalue weighted by atomic mass is 35.5. The van der Waals surface area contributed by atoms with Crippen LogP contribution in [0.2, 0.25) is 5.02 Å². The van der Waals surface area contributed by atoms with Gasteiger partial charge in [-0.25, -0.2) is 0 Å². The van der Waals surface area contributed by atoms with E-state index in [-0.39, 0.29) is 18.4 Å². The second kappa shape index (κ2) is 11.3. The van der Waals surface area contributed by atoms with Gasteiger partial charge < -0.3 is 24.4 Å². The van der Waals surface area contributed by atoms with E-state index >= 15 is 0 Å². The van der Waals surface area contributed by atoms with Gasteiger partial charge in [0.1, 0.15) is 5.75 Å². The first-order valence-corrected chi connectivity index (χ1v) is 10.1. The lowest BCUT2D eigenvalue weighted by atomic mass is 10.1. The van der Waals surface area contributed by atoms with E-state index in [0.717, 1.165) is 0 Å². The van der Waals surface area contributed by atoms with Gasteiger partial charge in [0.2, 0.25) is 0 Å². The van der Waals surface area contributed by atoms with Crippen molar-refractivity contribution in [2.45, 2.75) is 20.8 Å². The summed E-state index contributed by atoms with van der Waals surface area (Å²) in [6.07, 6.45) is 0. The van der Waals surface area contributed by atoms with Crippen LogP contribution in [0.15, 0.2) is 36.4 Å². The summed E-state index contributed by atoms with van der Waals surface area (Å²) in [4.78, 5) is 26.3. The van der Waals surface area contributed by atoms with Gasteiger partial charge in [-0.15, -0.1) is 0 Å². The van der Waals surface area contributed by atoms with Crippen molar-refractivity contribution in [2.75, 3.05) is 38.7 Å². The van der Waals surface area contributed by atoms with Gasteiger partial charge in [0.25, 0.3) is 11.8 Å². The Hall–Kier alpha value is -2.93. The third kappa shape index (κ3) is 6.03. The van der Waals surface area contributed by atoms with Crippen molar-refractivity contribution in [1.82, 2.24) is 4.90 Å². The van der Waals surface area contributed by atoms with Crippen molar-refractivity contribution in [1.29, 1.82) is 0 Å². The maximum atomic E-state index is 12.6. The zero-order chi connectivity index (χ0) is 22.1. The minimum atomic E-state index is -0.319. The number of amides is 2. The highest BCUT2D eigenvalue weighted by Gasteiger charge is 2.14. The van der Waals surface area contributed by atoms with Crippen molar-refractivity contribution in [3.63, 3.8) is 0 Å². The molecule has 30 heavy (non-hydrogen) atoms. The molecule has 0 bridgehead atoms. The number of anilines is 1. The van der Waals surface area contributed by atoms with E-state index < -0.39 is 0 Å². The van der Waals surface area contributed by atoms with Gasteiger partial charge in [-0.1, -0.05) is 11.6 Å². The summed E-state index contributed by atoms with van der Waals surface area (Å²) in [6.45, 7) is 7.27. The zero-order valence-corrected chi connectivity index (χ0v) is 18.4. The molecular weight excluding hydrogens is 408 g/mol. The van der Waals surface area contributed by atoms with Crippen LogP contribution in [0.4, 0.5) is 5.69 Å². The van der Waals surface area contributed by atoms with Crippen LogP contribution in [-0.2, 0) is 4.79 Å². The highest BCUT2D eigenvalue weighted by molar-refractivity contribution is 6.32. The molecule has 2 amide bonds. The Bertz CT molecular complexity index is 884.